The zero-order valence-electron chi connectivity index (χ0n) is 12.0. The number of amides is 2. The van der Waals surface area contributed by atoms with Crippen LogP contribution in [0, 0.1) is 0 Å². The van der Waals surface area contributed by atoms with Crippen molar-refractivity contribution in [3.8, 4) is 0 Å². The summed E-state index contributed by atoms with van der Waals surface area (Å²) in [4.78, 5) is 29.6. The Morgan fingerprint density at radius 3 is 2.70 bits per heavy atom. The molecule has 0 bridgehead atoms. The summed E-state index contributed by atoms with van der Waals surface area (Å²) in [7, 11) is 0. The number of rotatable bonds is 3. The molecule has 0 spiro atoms. The van der Waals surface area contributed by atoms with Crippen molar-refractivity contribution in [1.29, 1.82) is 0 Å². The molecule has 20 heavy (non-hydrogen) atoms. The number of imide groups is 1. The Morgan fingerprint density at radius 1 is 1.45 bits per heavy atom. The summed E-state index contributed by atoms with van der Waals surface area (Å²) in [5.41, 5.74) is 6.69. The van der Waals surface area contributed by atoms with Crippen LogP contribution in [-0.4, -0.2) is 28.9 Å². The van der Waals surface area contributed by atoms with E-state index in [1.54, 1.807) is 24.9 Å². The van der Waals surface area contributed by atoms with Gasteiger partial charge in [0.2, 0.25) is 5.91 Å². The summed E-state index contributed by atoms with van der Waals surface area (Å²) in [6.07, 6.45) is 2.47. The van der Waals surface area contributed by atoms with Crippen molar-refractivity contribution < 1.29 is 9.59 Å². The maximum Gasteiger partial charge on any atom is 0.251 e. The molecule has 1 aromatic heterocycles. The number of hydrogen-bond acceptors (Lipinski definition) is 5. The van der Waals surface area contributed by atoms with Gasteiger partial charge in [0.1, 0.15) is 5.54 Å². The number of nitrogens with one attached hydrogen (secondary N) is 1. The van der Waals surface area contributed by atoms with Gasteiger partial charge in [0.25, 0.3) is 5.91 Å². The third-order valence-electron chi connectivity index (χ3n) is 3.69. The fourth-order valence-corrected chi connectivity index (χ4v) is 2.18. The number of hydrogen-bond donors (Lipinski definition) is 2. The largest absolute Gasteiger partial charge is 0.347 e. The first kappa shape index (κ1) is 14.5. The van der Waals surface area contributed by atoms with Gasteiger partial charge in [0.05, 0.1) is 24.1 Å². The van der Waals surface area contributed by atoms with E-state index in [4.69, 9.17) is 5.73 Å². The van der Waals surface area contributed by atoms with Crippen LogP contribution in [0.15, 0.2) is 18.3 Å². The van der Waals surface area contributed by atoms with Gasteiger partial charge in [-0.1, -0.05) is 6.92 Å². The van der Waals surface area contributed by atoms with Crippen molar-refractivity contribution in [3.05, 3.63) is 24.0 Å². The molecule has 3 N–H and O–H groups in total. The zero-order valence-corrected chi connectivity index (χ0v) is 12.0. The summed E-state index contributed by atoms with van der Waals surface area (Å²) in [5.74, 6) is -0.605. The van der Waals surface area contributed by atoms with E-state index in [0.29, 0.717) is 0 Å². The van der Waals surface area contributed by atoms with Crippen molar-refractivity contribution in [2.75, 3.05) is 11.4 Å². The third kappa shape index (κ3) is 2.51. The maximum absolute atomic E-state index is 11.9. The van der Waals surface area contributed by atoms with E-state index < -0.39 is 5.54 Å². The van der Waals surface area contributed by atoms with Crippen LogP contribution in [-0.2, 0) is 9.59 Å². The van der Waals surface area contributed by atoms with Crippen LogP contribution in [0.1, 0.15) is 38.9 Å². The highest BCUT2D eigenvalue weighted by molar-refractivity contribution is 6.06. The summed E-state index contributed by atoms with van der Waals surface area (Å²) >= 11 is 0. The van der Waals surface area contributed by atoms with Crippen LogP contribution >= 0.6 is 0 Å². The number of pyridine rings is 1. The Morgan fingerprint density at radius 2 is 2.15 bits per heavy atom. The monoisotopic (exact) mass is 276 g/mol. The van der Waals surface area contributed by atoms with E-state index in [1.165, 1.54) is 0 Å². The Balaban J connectivity index is 2.30. The molecule has 108 valence electrons. The molecule has 1 aromatic rings. The summed E-state index contributed by atoms with van der Waals surface area (Å²) in [6, 6.07) is 3.60. The average molecular weight is 276 g/mol. The van der Waals surface area contributed by atoms with Crippen molar-refractivity contribution in [1.82, 2.24) is 10.3 Å². The second kappa shape index (κ2) is 5.20. The molecule has 0 unspecified atom stereocenters. The van der Waals surface area contributed by atoms with E-state index in [9.17, 15) is 9.59 Å². The first-order chi connectivity index (χ1) is 9.36. The summed E-state index contributed by atoms with van der Waals surface area (Å²) < 4.78 is 0. The van der Waals surface area contributed by atoms with Gasteiger partial charge in [-0.25, -0.2) is 0 Å². The van der Waals surface area contributed by atoms with Crippen LogP contribution in [0.4, 0.5) is 5.69 Å². The van der Waals surface area contributed by atoms with E-state index in [0.717, 1.165) is 17.8 Å². The number of nitrogens with zero attached hydrogens (tertiary/aromatic N) is 2. The fraction of sp³-hybridized carbons (Fsp3) is 0.500. The Bertz CT molecular complexity index is 524. The summed E-state index contributed by atoms with van der Waals surface area (Å²) in [5, 5.41) is 2.35. The predicted octanol–water partition coefficient (Wildman–Crippen LogP) is 0.733. The van der Waals surface area contributed by atoms with Crippen LogP contribution in [0.5, 0.6) is 0 Å². The Kier molecular flexibility index (Phi) is 3.76. The van der Waals surface area contributed by atoms with Crippen LogP contribution in [0.25, 0.3) is 0 Å². The van der Waals surface area contributed by atoms with Gasteiger partial charge < -0.3 is 10.6 Å². The molecule has 0 saturated carbocycles. The van der Waals surface area contributed by atoms with E-state index in [2.05, 4.69) is 10.3 Å². The van der Waals surface area contributed by atoms with Crippen LogP contribution < -0.4 is 16.0 Å². The first-order valence-corrected chi connectivity index (χ1v) is 6.69. The Hall–Kier alpha value is -1.95. The predicted molar refractivity (Wildman–Crippen MR) is 76.0 cm³/mol. The lowest BCUT2D eigenvalue weighted by Crippen LogP contribution is -2.64. The standard InChI is InChI=1S/C14H20N4O2/c1-4-10(15)11-6-5-9(7-16-11)18-8-12(19)17-13(20)14(18,2)3/h5-7,10H,4,8,15H2,1-3H3,(H,17,19,20)/t10-/m1/s1. The van der Waals surface area contributed by atoms with Crippen molar-refractivity contribution in [2.45, 2.75) is 38.8 Å². The number of aromatic nitrogens is 1. The minimum Gasteiger partial charge on any atom is -0.347 e. The van der Waals surface area contributed by atoms with Crippen LogP contribution in [0.3, 0.4) is 0 Å². The Labute approximate surface area is 118 Å². The summed E-state index contributed by atoms with van der Waals surface area (Å²) in [6.45, 7) is 5.69. The SMILES string of the molecule is CC[C@@H](N)c1ccc(N2CC(=O)NC(=O)C2(C)C)cn1. The molecular weight excluding hydrogens is 256 g/mol. The molecule has 0 aliphatic carbocycles. The van der Waals surface area contributed by atoms with Gasteiger partial charge >= 0.3 is 0 Å². The lowest BCUT2D eigenvalue weighted by molar-refractivity contribution is -0.135. The van der Waals surface area contributed by atoms with Crippen molar-refractivity contribution in [2.24, 2.45) is 5.73 Å². The molecule has 6 heteroatoms. The van der Waals surface area contributed by atoms with Gasteiger partial charge in [-0.3, -0.25) is 19.9 Å². The first-order valence-electron chi connectivity index (χ1n) is 6.69. The third-order valence-corrected chi connectivity index (χ3v) is 3.69. The minimum atomic E-state index is -0.788. The molecule has 2 heterocycles. The fourth-order valence-electron chi connectivity index (χ4n) is 2.18. The average Bonchev–Trinajstić information content (AvgIpc) is 2.42. The van der Waals surface area contributed by atoms with Gasteiger partial charge in [0.15, 0.2) is 0 Å². The van der Waals surface area contributed by atoms with E-state index in [1.807, 2.05) is 19.1 Å². The molecule has 1 aliphatic rings. The lowest BCUT2D eigenvalue weighted by atomic mass is 9.98. The molecular formula is C14H20N4O2. The molecule has 2 rings (SSSR count). The quantitative estimate of drug-likeness (QED) is 0.795. The lowest BCUT2D eigenvalue weighted by Gasteiger charge is -2.41. The molecule has 0 radical (unpaired) electrons. The van der Waals surface area contributed by atoms with E-state index in [-0.39, 0.29) is 24.4 Å². The molecule has 1 fully saturated rings. The number of carbonyl (C=O) groups excluding carboxylic acids is 2. The zero-order chi connectivity index (χ0) is 14.9. The highest BCUT2D eigenvalue weighted by atomic mass is 16.2. The second-order valence-corrected chi connectivity index (χ2v) is 5.48. The molecule has 0 aromatic carbocycles. The van der Waals surface area contributed by atoms with Crippen molar-refractivity contribution in [3.63, 3.8) is 0 Å². The molecule has 1 atom stereocenters. The van der Waals surface area contributed by atoms with Gasteiger partial charge in [-0.05, 0) is 32.4 Å². The van der Waals surface area contributed by atoms with Gasteiger partial charge in [-0.15, -0.1) is 0 Å². The minimum absolute atomic E-state index is 0.0941. The highest BCUT2D eigenvalue weighted by Crippen LogP contribution is 2.26. The number of nitrogens with two attached hydrogens (primary N) is 1. The number of carbonyl (C=O) groups is 2. The highest BCUT2D eigenvalue weighted by Gasteiger charge is 2.41. The van der Waals surface area contributed by atoms with Crippen LogP contribution in [0.2, 0.25) is 0 Å². The number of anilines is 1. The molecule has 1 aliphatic heterocycles. The smallest absolute Gasteiger partial charge is 0.251 e. The number of piperazine rings is 1. The van der Waals surface area contributed by atoms with Gasteiger partial charge in [-0.2, -0.15) is 0 Å². The van der Waals surface area contributed by atoms with Gasteiger partial charge in [0, 0.05) is 6.04 Å². The molecule has 1 saturated heterocycles. The topological polar surface area (TPSA) is 88.3 Å². The normalized spacial score (nSPS) is 19.7. The second-order valence-electron chi connectivity index (χ2n) is 5.48. The molecule has 2 amide bonds. The van der Waals surface area contributed by atoms with Crippen molar-refractivity contribution >= 4 is 17.5 Å². The van der Waals surface area contributed by atoms with E-state index >= 15 is 0 Å². The maximum atomic E-state index is 11.9. The molecule has 6 nitrogen and oxygen atoms in total.